The van der Waals surface area contributed by atoms with Crippen LogP contribution in [0.15, 0.2) is 24.3 Å². The minimum Gasteiger partial charge on any atom is -0.456 e. The third-order valence-electron chi connectivity index (χ3n) is 4.15. The molecule has 0 bridgehead atoms. The van der Waals surface area contributed by atoms with Gasteiger partial charge in [-0.15, -0.1) is 0 Å². The second-order valence-corrected chi connectivity index (χ2v) is 8.61. The topological polar surface area (TPSA) is 84.5 Å². The standard InChI is InChI=1S/C22H34N2O4/c1-14(2)11-15(3)19(25)24-18(20(26)23-7)13-16-9-8-10-17(12-16)21(27)28-22(4,5)6/h8-10,12,14-15,18H,11,13H2,1-7H3,(H,23,26)(H,24,25)/t15-,18+/m1/s1. The van der Waals surface area contributed by atoms with E-state index in [9.17, 15) is 14.4 Å². The summed E-state index contributed by atoms with van der Waals surface area (Å²) in [6.07, 6.45) is 1.04. The molecular formula is C22H34N2O4. The van der Waals surface area contributed by atoms with Gasteiger partial charge in [-0.2, -0.15) is 0 Å². The van der Waals surface area contributed by atoms with Crippen LogP contribution in [0.2, 0.25) is 0 Å². The lowest BCUT2D eigenvalue weighted by Gasteiger charge is -2.22. The van der Waals surface area contributed by atoms with Crippen molar-refractivity contribution in [2.45, 2.75) is 66.0 Å². The van der Waals surface area contributed by atoms with Gasteiger partial charge in [0.1, 0.15) is 11.6 Å². The van der Waals surface area contributed by atoms with Gasteiger partial charge in [-0.1, -0.05) is 32.9 Å². The van der Waals surface area contributed by atoms with E-state index in [4.69, 9.17) is 4.74 Å². The van der Waals surface area contributed by atoms with E-state index in [0.29, 0.717) is 11.5 Å². The highest BCUT2D eigenvalue weighted by molar-refractivity contribution is 5.90. The van der Waals surface area contributed by atoms with Crippen molar-refractivity contribution in [3.8, 4) is 0 Å². The van der Waals surface area contributed by atoms with Crippen molar-refractivity contribution in [2.24, 2.45) is 11.8 Å². The van der Waals surface area contributed by atoms with Crippen LogP contribution in [0.4, 0.5) is 0 Å². The van der Waals surface area contributed by atoms with Crippen LogP contribution in [-0.2, 0) is 20.7 Å². The predicted molar refractivity (Wildman–Crippen MR) is 110 cm³/mol. The fourth-order valence-corrected chi connectivity index (χ4v) is 2.91. The molecule has 0 heterocycles. The minimum absolute atomic E-state index is 0.148. The zero-order chi connectivity index (χ0) is 21.5. The number of hydrogen-bond donors (Lipinski definition) is 2. The first kappa shape index (κ1) is 23.7. The highest BCUT2D eigenvalue weighted by Gasteiger charge is 2.24. The van der Waals surface area contributed by atoms with Gasteiger partial charge < -0.3 is 15.4 Å². The first-order valence-electron chi connectivity index (χ1n) is 9.77. The molecule has 2 atom stereocenters. The molecule has 1 aromatic carbocycles. The van der Waals surface area contributed by atoms with Gasteiger partial charge in [-0.05, 0) is 50.8 Å². The number of likely N-dealkylation sites (N-methyl/N-ethyl adjacent to an activating group) is 1. The number of esters is 1. The van der Waals surface area contributed by atoms with Crippen LogP contribution in [0.1, 0.15) is 63.9 Å². The van der Waals surface area contributed by atoms with Crippen molar-refractivity contribution in [1.29, 1.82) is 0 Å². The quantitative estimate of drug-likeness (QED) is 0.668. The van der Waals surface area contributed by atoms with Gasteiger partial charge in [0.2, 0.25) is 11.8 Å². The van der Waals surface area contributed by atoms with Gasteiger partial charge >= 0.3 is 5.97 Å². The molecule has 0 fully saturated rings. The van der Waals surface area contributed by atoms with Gasteiger partial charge in [0.05, 0.1) is 5.56 Å². The summed E-state index contributed by atoms with van der Waals surface area (Å²) >= 11 is 0. The normalized spacial score (nSPS) is 13.6. The van der Waals surface area contributed by atoms with E-state index in [1.807, 2.05) is 33.8 Å². The fourth-order valence-electron chi connectivity index (χ4n) is 2.91. The number of carbonyl (C=O) groups excluding carboxylic acids is 3. The lowest BCUT2D eigenvalue weighted by atomic mass is 9.97. The summed E-state index contributed by atoms with van der Waals surface area (Å²) in [5.74, 6) is -0.622. The number of carbonyl (C=O) groups is 3. The molecule has 0 unspecified atom stereocenters. The van der Waals surface area contributed by atoms with Gasteiger partial charge in [0, 0.05) is 19.4 Å². The molecule has 0 aliphatic carbocycles. The van der Waals surface area contributed by atoms with Crippen molar-refractivity contribution in [3.63, 3.8) is 0 Å². The Kier molecular flexibility index (Phi) is 8.66. The Labute approximate surface area is 168 Å². The molecule has 0 aliphatic rings. The van der Waals surface area contributed by atoms with Gasteiger partial charge in [0.25, 0.3) is 0 Å². The monoisotopic (exact) mass is 390 g/mol. The SMILES string of the molecule is CNC(=O)[C@H](Cc1cccc(C(=O)OC(C)(C)C)c1)NC(=O)[C@H](C)CC(C)C. The molecule has 6 heteroatoms. The third kappa shape index (κ3) is 8.11. The summed E-state index contributed by atoms with van der Waals surface area (Å²) in [5, 5.41) is 5.43. The number of benzene rings is 1. The maximum atomic E-state index is 12.5. The summed E-state index contributed by atoms with van der Waals surface area (Å²) in [4.78, 5) is 37.0. The largest absolute Gasteiger partial charge is 0.456 e. The van der Waals surface area contributed by atoms with E-state index in [2.05, 4.69) is 24.5 Å². The molecule has 0 aliphatic heterocycles. The lowest BCUT2D eigenvalue weighted by Crippen LogP contribution is -2.48. The van der Waals surface area contributed by atoms with Gasteiger partial charge in [-0.3, -0.25) is 9.59 Å². The highest BCUT2D eigenvalue weighted by atomic mass is 16.6. The first-order valence-corrected chi connectivity index (χ1v) is 9.77. The number of nitrogens with one attached hydrogen (secondary N) is 2. The Hall–Kier alpha value is -2.37. The van der Waals surface area contributed by atoms with Crippen molar-refractivity contribution in [3.05, 3.63) is 35.4 Å². The van der Waals surface area contributed by atoms with Crippen molar-refractivity contribution in [2.75, 3.05) is 7.05 Å². The number of rotatable bonds is 8. The Morgan fingerprint density at radius 2 is 1.71 bits per heavy atom. The van der Waals surface area contributed by atoms with E-state index in [0.717, 1.165) is 12.0 Å². The van der Waals surface area contributed by atoms with E-state index in [-0.39, 0.29) is 24.2 Å². The first-order chi connectivity index (χ1) is 12.9. The zero-order valence-electron chi connectivity index (χ0n) is 18.1. The van der Waals surface area contributed by atoms with Crippen molar-refractivity contribution < 1.29 is 19.1 Å². The molecule has 28 heavy (non-hydrogen) atoms. The van der Waals surface area contributed by atoms with Crippen LogP contribution >= 0.6 is 0 Å². The van der Waals surface area contributed by atoms with Crippen LogP contribution in [0.5, 0.6) is 0 Å². The molecule has 0 saturated heterocycles. The van der Waals surface area contributed by atoms with Crippen LogP contribution in [0, 0.1) is 11.8 Å². The van der Waals surface area contributed by atoms with Crippen LogP contribution < -0.4 is 10.6 Å². The lowest BCUT2D eigenvalue weighted by molar-refractivity contribution is -0.130. The average molecular weight is 391 g/mol. The van der Waals surface area contributed by atoms with E-state index < -0.39 is 17.6 Å². The number of ether oxygens (including phenoxy) is 1. The van der Waals surface area contributed by atoms with Crippen LogP contribution in [0.3, 0.4) is 0 Å². The molecule has 156 valence electrons. The molecular weight excluding hydrogens is 356 g/mol. The van der Waals surface area contributed by atoms with Gasteiger partial charge in [0.15, 0.2) is 0 Å². The molecule has 1 rings (SSSR count). The zero-order valence-corrected chi connectivity index (χ0v) is 18.1. The second kappa shape index (κ2) is 10.2. The Morgan fingerprint density at radius 1 is 1.07 bits per heavy atom. The van der Waals surface area contributed by atoms with Gasteiger partial charge in [-0.25, -0.2) is 4.79 Å². The molecule has 0 saturated carbocycles. The minimum atomic E-state index is -0.707. The number of amides is 2. The van der Waals surface area contributed by atoms with Crippen LogP contribution in [-0.4, -0.2) is 36.5 Å². The van der Waals surface area contributed by atoms with Crippen molar-refractivity contribution in [1.82, 2.24) is 10.6 Å². The molecule has 6 nitrogen and oxygen atoms in total. The van der Waals surface area contributed by atoms with E-state index in [1.54, 1.807) is 18.2 Å². The summed E-state index contributed by atoms with van der Waals surface area (Å²) < 4.78 is 5.40. The van der Waals surface area contributed by atoms with E-state index >= 15 is 0 Å². The maximum Gasteiger partial charge on any atom is 0.338 e. The molecule has 2 N–H and O–H groups in total. The maximum absolute atomic E-state index is 12.5. The van der Waals surface area contributed by atoms with Crippen molar-refractivity contribution >= 4 is 17.8 Å². The Bertz CT molecular complexity index is 692. The Balaban J connectivity index is 2.92. The molecule has 0 aromatic heterocycles. The summed E-state index contributed by atoms with van der Waals surface area (Å²) in [7, 11) is 1.54. The van der Waals surface area contributed by atoms with E-state index in [1.165, 1.54) is 7.05 Å². The summed E-state index contributed by atoms with van der Waals surface area (Å²) in [6, 6.07) is 6.25. The Morgan fingerprint density at radius 3 is 2.25 bits per heavy atom. The average Bonchev–Trinajstić information content (AvgIpc) is 2.58. The molecule has 1 aromatic rings. The molecule has 2 amide bonds. The second-order valence-electron chi connectivity index (χ2n) is 8.61. The third-order valence-corrected chi connectivity index (χ3v) is 4.15. The summed E-state index contributed by atoms with van der Waals surface area (Å²) in [6.45, 7) is 11.4. The molecule has 0 radical (unpaired) electrons. The fraction of sp³-hybridized carbons (Fsp3) is 0.591. The predicted octanol–water partition coefficient (Wildman–Crippen LogP) is 3.10. The summed E-state index contributed by atoms with van der Waals surface area (Å²) in [5.41, 5.74) is 0.606. The number of hydrogen-bond acceptors (Lipinski definition) is 4. The smallest absolute Gasteiger partial charge is 0.338 e. The highest BCUT2D eigenvalue weighted by Crippen LogP contribution is 2.15. The van der Waals surface area contributed by atoms with Crippen LogP contribution in [0.25, 0.3) is 0 Å². The molecule has 0 spiro atoms.